The zero-order valence-electron chi connectivity index (χ0n) is 20.8. The van der Waals surface area contributed by atoms with Gasteiger partial charge < -0.3 is 14.6 Å². The predicted molar refractivity (Wildman–Crippen MR) is 166 cm³/mol. The van der Waals surface area contributed by atoms with E-state index in [0.717, 1.165) is 48.7 Å². The summed E-state index contributed by atoms with van der Waals surface area (Å²) < 4.78 is 15.7. The number of carboxylic acid groups (broad SMARTS) is 1. The van der Waals surface area contributed by atoms with E-state index < -0.39 is 12.1 Å². The number of hydrogen-bond acceptors (Lipinski definition) is 4. The molecule has 1 N–H and O–H groups in total. The Kier molecular flexibility index (Phi) is 7.06. The second-order valence-corrected chi connectivity index (χ2v) is 11.9. The van der Waals surface area contributed by atoms with Crippen LogP contribution in [-0.4, -0.2) is 24.3 Å². The number of thiophene rings is 1. The summed E-state index contributed by atoms with van der Waals surface area (Å²) in [4.78, 5) is 12.1. The van der Waals surface area contributed by atoms with Crippen LogP contribution in [0.2, 0.25) is 0 Å². The van der Waals surface area contributed by atoms with E-state index in [1.165, 1.54) is 4.70 Å². The second kappa shape index (κ2) is 10.6. The summed E-state index contributed by atoms with van der Waals surface area (Å²) >= 11 is 9.09. The molecule has 0 unspecified atom stereocenters. The van der Waals surface area contributed by atoms with Crippen LogP contribution in [0.25, 0.3) is 42.1 Å². The Labute approximate surface area is 246 Å². The number of hydrogen-bond donors (Lipinski definition) is 1. The minimum absolute atomic E-state index is 0.251. The van der Waals surface area contributed by atoms with Gasteiger partial charge in [-0.05, 0) is 72.1 Å². The fourth-order valence-corrected chi connectivity index (χ4v) is 7.70. The minimum atomic E-state index is -1.04. The van der Waals surface area contributed by atoms with Gasteiger partial charge in [-0.2, -0.15) is 0 Å². The minimum Gasteiger partial charge on any atom is -0.495 e. The van der Waals surface area contributed by atoms with Crippen molar-refractivity contribution in [1.29, 1.82) is 0 Å². The largest absolute Gasteiger partial charge is 0.495 e. The van der Waals surface area contributed by atoms with Crippen molar-refractivity contribution in [1.82, 2.24) is 0 Å². The van der Waals surface area contributed by atoms with E-state index in [2.05, 4.69) is 68.3 Å². The van der Waals surface area contributed by atoms with Crippen LogP contribution in [0.4, 0.5) is 0 Å². The summed E-state index contributed by atoms with van der Waals surface area (Å²) in [5.74, 6) is 0.300. The number of aliphatic carboxylic acids is 1. The van der Waals surface area contributed by atoms with Crippen molar-refractivity contribution in [3.05, 3.63) is 106 Å². The van der Waals surface area contributed by atoms with E-state index in [9.17, 15) is 9.90 Å². The first-order valence-electron chi connectivity index (χ1n) is 12.3. The molecule has 0 aliphatic carbocycles. The van der Waals surface area contributed by atoms with Crippen LogP contribution in [0.3, 0.4) is 0 Å². The van der Waals surface area contributed by atoms with Gasteiger partial charge in [0.25, 0.3) is 0 Å². The first kappa shape index (κ1) is 25.9. The van der Waals surface area contributed by atoms with Gasteiger partial charge in [0.2, 0.25) is 0 Å². The summed E-state index contributed by atoms with van der Waals surface area (Å²) in [6.07, 6.45) is -0.790. The Hall–Kier alpha value is -3.39. The Morgan fingerprint density at radius 2 is 1.46 bits per heavy atom. The van der Waals surface area contributed by atoms with E-state index >= 15 is 0 Å². The highest BCUT2D eigenvalue weighted by Crippen LogP contribution is 2.51. The van der Waals surface area contributed by atoms with E-state index in [0.29, 0.717) is 14.7 Å². The van der Waals surface area contributed by atoms with E-state index in [1.807, 2.05) is 54.6 Å². The summed E-state index contributed by atoms with van der Waals surface area (Å²) in [5, 5.41) is 14.3. The van der Waals surface area contributed by atoms with Gasteiger partial charge in [-0.25, -0.2) is 4.79 Å². The molecule has 0 fully saturated rings. The van der Waals surface area contributed by atoms with Gasteiger partial charge in [0.05, 0.1) is 20.8 Å². The summed E-state index contributed by atoms with van der Waals surface area (Å²) in [5.41, 5.74) is 2.96. The molecule has 194 valence electrons. The topological polar surface area (TPSA) is 55.8 Å². The third-order valence-corrected chi connectivity index (χ3v) is 9.13. The molecular weight excluding hydrogens is 640 g/mol. The third kappa shape index (κ3) is 4.69. The molecule has 6 aromatic rings. The Morgan fingerprint density at radius 3 is 2.13 bits per heavy atom. The maximum atomic E-state index is 12.1. The van der Waals surface area contributed by atoms with Gasteiger partial charge in [-0.1, -0.05) is 72.8 Å². The van der Waals surface area contributed by atoms with Crippen LogP contribution < -0.4 is 9.47 Å². The summed E-state index contributed by atoms with van der Waals surface area (Å²) in [7, 11) is 1.72. The van der Waals surface area contributed by atoms with Gasteiger partial charge in [0.1, 0.15) is 11.5 Å². The van der Waals surface area contributed by atoms with Crippen LogP contribution in [0.1, 0.15) is 5.56 Å². The van der Waals surface area contributed by atoms with Crippen molar-refractivity contribution in [2.45, 2.75) is 12.5 Å². The average molecular weight is 662 g/mol. The van der Waals surface area contributed by atoms with Gasteiger partial charge >= 0.3 is 5.97 Å². The second-order valence-electron chi connectivity index (χ2n) is 9.16. The molecule has 5 aromatic carbocycles. The van der Waals surface area contributed by atoms with Gasteiger partial charge in [-0.15, -0.1) is 11.3 Å². The molecule has 0 saturated carbocycles. The summed E-state index contributed by atoms with van der Waals surface area (Å²) in [6, 6.07) is 30.1. The third-order valence-electron chi connectivity index (χ3n) is 6.78. The number of ether oxygens (including phenoxy) is 2. The number of rotatable bonds is 7. The number of carbonyl (C=O) groups is 1. The van der Waals surface area contributed by atoms with Crippen molar-refractivity contribution < 1.29 is 19.4 Å². The van der Waals surface area contributed by atoms with Crippen LogP contribution in [0, 0.1) is 0 Å². The molecule has 1 heterocycles. The highest BCUT2D eigenvalue weighted by Gasteiger charge is 2.25. The Balaban J connectivity index is 1.53. The lowest BCUT2D eigenvalue weighted by Crippen LogP contribution is -2.29. The number of halogens is 2. The molecule has 0 saturated heterocycles. The van der Waals surface area contributed by atoms with Crippen LogP contribution in [0.15, 0.2) is 99.9 Å². The van der Waals surface area contributed by atoms with Crippen molar-refractivity contribution in [2.24, 2.45) is 0 Å². The molecule has 39 heavy (non-hydrogen) atoms. The standard InChI is InChI=1S/C32H22Br2O4S/c1-37-29-21-12-6-5-11-20(21)27(28-22-13-7-8-14-26(22)39-31(28)29)19-16-23(33)30(24(34)17-19)38-25(32(35)36)15-18-9-3-2-4-10-18/h2-14,16-17,25H,15H2,1H3,(H,35,36)/t25-/m1/s1. The SMILES string of the molecule is COc1c2ccccc2c(-c2cc(Br)c(O[C@H](Cc3ccccc3)C(=O)O)c(Br)c2)c2c1sc1ccccc12. The zero-order valence-corrected chi connectivity index (χ0v) is 24.8. The normalized spacial score (nSPS) is 12.2. The molecule has 0 spiro atoms. The maximum absolute atomic E-state index is 12.1. The van der Waals surface area contributed by atoms with Gasteiger partial charge in [-0.3, -0.25) is 0 Å². The number of methoxy groups -OCH3 is 1. The molecule has 0 radical (unpaired) electrons. The quantitative estimate of drug-likeness (QED) is 0.185. The van der Waals surface area contributed by atoms with E-state index in [1.54, 1.807) is 18.4 Å². The highest BCUT2D eigenvalue weighted by molar-refractivity contribution is 9.11. The van der Waals surface area contributed by atoms with Crippen LogP contribution in [0.5, 0.6) is 11.5 Å². The van der Waals surface area contributed by atoms with E-state index in [4.69, 9.17) is 9.47 Å². The Bertz CT molecular complexity index is 1840. The molecule has 0 bridgehead atoms. The zero-order chi connectivity index (χ0) is 27.1. The average Bonchev–Trinajstić information content (AvgIpc) is 3.32. The van der Waals surface area contributed by atoms with Gasteiger partial charge in [0, 0.05) is 27.3 Å². The molecule has 0 aliphatic rings. The lowest BCUT2D eigenvalue weighted by Gasteiger charge is -2.19. The number of carboxylic acids is 1. The smallest absolute Gasteiger partial charge is 0.345 e. The lowest BCUT2D eigenvalue weighted by atomic mass is 9.92. The monoisotopic (exact) mass is 660 g/mol. The molecular formula is C32H22Br2O4S. The molecule has 0 amide bonds. The Morgan fingerprint density at radius 1 is 0.846 bits per heavy atom. The van der Waals surface area contributed by atoms with Crippen molar-refractivity contribution >= 4 is 80.1 Å². The van der Waals surface area contributed by atoms with E-state index in [-0.39, 0.29) is 6.42 Å². The number of benzene rings is 5. The van der Waals surface area contributed by atoms with Crippen LogP contribution >= 0.6 is 43.2 Å². The maximum Gasteiger partial charge on any atom is 0.345 e. The fraction of sp³-hybridized carbons (Fsp3) is 0.0938. The van der Waals surface area contributed by atoms with Crippen molar-refractivity contribution in [3.8, 4) is 22.6 Å². The molecule has 0 aliphatic heterocycles. The molecule has 4 nitrogen and oxygen atoms in total. The number of fused-ring (bicyclic) bond motifs is 4. The molecule has 7 heteroatoms. The first-order valence-corrected chi connectivity index (χ1v) is 14.7. The highest BCUT2D eigenvalue weighted by atomic mass is 79.9. The molecule has 6 rings (SSSR count). The van der Waals surface area contributed by atoms with Crippen molar-refractivity contribution in [2.75, 3.05) is 7.11 Å². The molecule has 1 aromatic heterocycles. The molecule has 1 atom stereocenters. The van der Waals surface area contributed by atoms with Crippen molar-refractivity contribution in [3.63, 3.8) is 0 Å². The lowest BCUT2D eigenvalue weighted by molar-refractivity contribution is -0.145. The van der Waals surface area contributed by atoms with Gasteiger partial charge in [0.15, 0.2) is 6.10 Å². The summed E-state index contributed by atoms with van der Waals surface area (Å²) in [6.45, 7) is 0. The van der Waals surface area contributed by atoms with Crippen LogP contribution in [-0.2, 0) is 11.2 Å². The first-order chi connectivity index (χ1) is 19.0. The fourth-order valence-electron chi connectivity index (χ4n) is 5.08. The predicted octanol–water partition coefficient (Wildman–Crippen LogP) is 9.48.